The van der Waals surface area contributed by atoms with Crippen LogP contribution in [0.4, 0.5) is 16.2 Å². The molecule has 198 valence electrons. The molecule has 1 fully saturated rings. The third-order valence-electron chi connectivity index (χ3n) is 6.71. The van der Waals surface area contributed by atoms with Gasteiger partial charge in [0.1, 0.15) is 11.2 Å². The van der Waals surface area contributed by atoms with Crippen LogP contribution in [0.25, 0.3) is 22.2 Å². The van der Waals surface area contributed by atoms with Crippen molar-refractivity contribution in [2.45, 2.75) is 40.2 Å². The van der Waals surface area contributed by atoms with Crippen molar-refractivity contribution in [3.05, 3.63) is 59.7 Å². The first-order chi connectivity index (χ1) is 18.1. The Bertz CT molecular complexity index is 1490. The maximum absolute atomic E-state index is 12.8. The Morgan fingerprint density at radius 2 is 1.84 bits per heavy atom. The molecule has 0 aliphatic carbocycles. The van der Waals surface area contributed by atoms with Crippen molar-refractivity contribution in [3.8, 4) is 11.1 Å². The summed E-state index contributed by atoms with van der Waals surface area (Å²) >= 11 is 0. The molecule has 0 radical (unpaired) electrons. The van der Waals surface area contributed by atoms with Crippen LogP contribution in [-0.4, -0.2) is 68.8 Å². The van der Waals surface area contributed by atoms with Crippen LogP contribution >= 0.6 is 0 Å². The summed E-state index contributed by atoms with van der Waals surface area (Å²) in [6.45, 7) is 12.0. The molecule has 1 saturated heterocycles. The zero-order chi connectivity index (χ0) is 27.0. The molecule has 1 aliphatic rings. The van der Waals surface area contributed by atoms with Crippen LogP contribution in [0.3, 0.4) is 0 Å². The monoisotopic (exact) mass is 515 g/mol. The Morgan fingerprint density at radius 3 is 2.53 bits per heavy atom. The maximum Gasteiger partial charge on any atom is 0.410 e. The highest BCUT2D eigenvalue weighted by Gasteiger charge is 2.26. The lowest BCUT2D eigenvalue weighted by atomic mass is 10.0. The van der Waals surface area contributed by atoms with Crippen LogP contribution in [0.1, 0.15) is 42.5 Å². The number of pyridine rings is 1. The van der Waals surface area contributed by atoms with Crippen LogP contribution in [0.5, 0.6) is 0 Å². The zero-order valence-electron chi connectivity index (χ0n) is 22.4. The molecular weight excluding hydrogens is 482 g/mol. The SMILES string of the molecule is Cc1[nH]nc(C(=O)Nc2cnc3[nH]cc(-c4cccc(N5CCN(C(=O)OC(C)(C)C)CC5)c4)c3c2)c1C. The lowest BCUT2D eigenvalue weighted by Crippen LogP contribution is -2.50. The van der Waals surface area contributed by atoms with Gasteiger partial charge in [0.25, 0.3) is 5.91 Å². The number of carbonyl (C=O) groups excluding carboxylic acids is 2. The summed E-state index contributed by atoms with van der Waals surface area (Å²) in [4.78, 5) is 37.0. The number of ether oxygens (including phenoxy) is 1. The number of piperazine rings is 1. The number of H-pyrrole nitrogens is 2. The Balaban J connectivity index is 1.33. The lowest BCUT2D eigenvalue weighted by Gasteiger charge is -2.36. The van der Waals surface area contributed by atoms with Crippen molar-refractivity contribution in [1.29, 1.82) is 0 Å². The second-order valence-corrected chi connectivity index (χ2v) is 10.6. The normalized spacial score (nSPS) is 14.1. The van der Waals surface area contributed by atoms with Crippen LogP contribution in [0.2, 0.25) is 0 Å². The van der Waals surface area contributed by atoms with E-state index in [2.05, 4.69) is 48.6 Å². The fourth-order valence-electron chi connectivity index (χ4n) is 4.55. The summed E-state index contributed by atoms with van der Waals surface area (Å²) in [5.74, 6) is -0.280. The first kappa shape index (κ1) is 25.3. The van der Waals surface area contributed by atoms with Gasteiger partial charge < -0.3 is 24.8 Å². The number of aromatic amines is 2. The van der Waals surface area contributed by atoms with E-state index in [-0.39, 0.29) is 12.0 Å². The summed E-state index contributed by atoms with van der Waals surface area (Å²) < 4.78 is 5.52. The van der Waals surface area contributed by atoms with Gasteiger partial charge in [-0.25, -0.2) is 9.78 Å². The van der Waals surface area contributed by atoms with E-state index < -0.39 is 5.60 Å². The van der Waals surface area contributed by atoms with Gasteiger partial charge in [-0.2, -0.15) is 5.10 Å². The number of nitrogens with one attached hydrogen (secondary N) is 3. The van der Waals surface area contributed by atoms with E-state index in [1.165, 1.54) is 0 Å². The van der Waals surface area contributed by atoms with Gasteiger partial charge in [-0.1, -0.05) is 12.1 Å². The molecular formula is C28H33N7O3. The molecule has 0 spiro atoms. The fraction of sp³-hybridized carbons (Fsp3) is 0.357. The van der Waals surface area contributed by atoms with E-state index >= 15 is 0 Å². The van der Waals surface area contributed by atoms with E-state index in [9.17, 15) is 9.59 Å². The number of nitrogens with zero attached hydrogens (tertiary/aromatic N) is 4. The zero-order valence-corrected chi connectivity index (χ0v) is 22.4. The van der Waals surface area contributed by atoms with E-state index in [0.717, 1.165) is 52.2 Å². The lowest BCUT2D eigenvalue weighted by molar-refractivity contribution is 0.0240. The molecule has 10 heteroatoms. The number of hydrogen-bond acceptors (Lipinski definition) is 6. The van der Waals surface area contributed by atoms with Gasteiger partial charge in [0.15, 0.2) is 5.69 Å². The quantitative estimate of drug-likeness (QED) is 0.356. The van der Waals surface area contributed by atoms with Crippen LogP contribution in [0.15, 0.2) is 42.7 Å². The molecule has 38 heavy (non-hydrogen) atoms. The highest BCUT2D eigenvalue weighted by Crippen LogP contribution is 2.32. The van der Waals surface area contributed by atoms with Gasteiger partial charge in [-0.15, -0.1) is 0 Å². The molecule has 1 aromatic carbocycles. The van der Waals surface area contributed by atoms with Crippen LogP contribution in [0, 0.1) is 13.8 Å². The Morgan fingerprint density at radius 1 is 1.08 bits per heavy atom. The Hall–Kier alpha value is -4.34. The van der Waals surface area contributed by atoms with Crippen LogP contribution < -0.4 is 10.2 Å². The standard InChI is InChI=1S/C28H33N7O3/c1-17-18(2)32-33-24(17)26(36)31-20-14-22-23(16-30-25(22)29-15-20)19-7-6-8-21(13-19)34-9-11-35(12-10-34)27(37)38-28(3,4)5/h6-8,13-16H,9-12H2,1-5H3,(H,29,30)(H,31,36)(H,32,33). The summed E-state index contributed by atoms with van der Waals surface area (Å²) in [5.41, 5.74) is 6.00. The number of anilines is 2. The highest BCUT2D eigenvalue weighted by molar-refractivity contribution is 6.05. The minimum absolute atomic E-state index is 0.266. The topological polar surface area (TPSA) is 119 Å². The predicted molar refractivity (Wildman–Crippen MR) is 148 cm³/mol. The summed E-state index contributed by atoms with van der Waals surface area (Å²) in [6.07, 6.45) is 3.30. The molecule has 0 unspecified atom stereocenters. The van der Waals surface area contributed by atoms with Crippen molar-refractivity contribution < 1.29 is 14.3 Å². The van der Waals surface area contributed by atoms with E-state index in [1.54, 1.807) is 11.1 Å². The molecule has 10 nitrogen and oxygen atoms in total. The van der Waals surface area contributed by atoms with Gasteiger partial charge in [0, 0.05) is 60.3 Å². The first-order valence-corrected chi connectivity index (χ1v) is 12.7. The molecule has 0 atom stereocenters. The van der Waals surface area contributed by atoms with Gasteiger partial charge in [-0.05, 0) is 58.4 Å². The minimum Gasteiger partial charge on any atom is -0.444 e. The maximum atomic E-state index is 12.8. The fourth-order valence-corrected chi connectivity index (χ4v) is 4.55. The second kappa shape index (κ2) is 9.85. The summed E-state index contributed by atoms with van der Waals surface area (Å²) in [6, 6.07) is 10.2. The number of hydrogen-bond donors (Lipinski definition) is 3. The molecule has 0 bridgehead atoms. The Kier molecular flexibility index (Phi) is 6.56. The van der Waals surface area contributed by atoms with Crippen molar-refractivity contribution >= 4 is 34.4 Å². The average molecular weight is 516 g/mol. The number of benzene rings is 1. The van der Waals surface area contributed by atoms with E-state index in [0.29, 0.717) is 24.5 Å². The average Bonchev–Trinajstić information content (AvgIpc) is 3.46. The molecule has 4 aromatic rings. The molecule has 4 heterocycles. The number of amides is 2. The molecule has 3 aromatic heterocycles. The largest absolute Gasteiger partial charge is 0.444 e. The predicted octanol–water partition coefficient (Wildman–Crippen LogP) is 4.88. The van der Waals surface area contributed by atoms with Crippen molar-refractivity contribution in [3.63, 3.8) is 0 Å². The number of carbonyl (C=O) groups is 2. The molecule has 3 N–H and O–H groups in total. The van der Waals surface area contributed by atoms with Gasteiger partial charge in [0.05, 0.1) is 11.9 Å². The second-order valence-electron chi connectivity index (χ2n) is 10.6. The van der Waals surface area contributed by atoms with E-state index in [4.69, 9.17) is 4.74 Å². The number of rotatable bonds is 4. The van der Waals surface area contributed by atoms with E-state index in [1.807, 2.05) is 52.9 Å². The minimum atomic E-state index is -0.504. The molecule has 2 amide bonds. The molecule has 1 aliphatic heterocycles. The van der Waals surface area contributed by atoms with Gasteiger partial charge in [0.2, 0.25) is 0 Å². The number of fused-ring (bicyclic) bond motifs is 1. The highest BCUT2D eigenvalue weighted by atomic mass is 16.6. The number of aromatic nitrogens is 4. The summed E-state index contributed by atoms with van der Waals surface area (Å²) in [7, 11) is 0. The third kappa shape index (κ3) is 5.20. The molecule has 5 rings (SSSR count). The smallest absolute Gasteiger partial charge is 0.410 e. The van der Waals surface area contributed by atoms with Crippen molar-refractivity contribution in [2.24, 2.45) is 0 Å². The summed E-state index contributed by atoms with van der Waals surface area (Å²) in [5, 5.41) is 10.8. The van der Waals surface area contributed by atoms with Crippen molar-refractivity contribution in [1.82, 2.24) is 25.1 Å². The first-order valence-electron chi connectivity index (χ1n) is 12.7. The third-order valence-corrected chi connectivity index (χ3v) is 6.71. The number of aryl methyl sites for hydroxylation is 1. The Labute approximate surface area is 221 Å². The molecule has 0 saturated carbocycles. The van der Waals surface area contributed by atoms with Crippen molar-refractivity contribution in [2.75, 3.05) is 36.4 Å². The van der Waals surface area contributed by atoms with Gasteiger partial charge >= 0.3 is 6.09 Å². The van der Waals surface area contributed by atoms with Crippen LogP contribution in [-0.2, 0) is 4.74 Å². The van der Waals surface area contributed by atoms with Gasteiger partial charge in [-0.3, -0.25) is 9.89 Å².